The summed E-state index contributed by atoms with van der Waals surface area (Å²) < 4.78 is 0. The smallest absolute Gasteiger partial charge is 0.220 e. The van der Waals surface area contributed by atoms with Crippen LogP contribution in [-0.4, -0.2) is 11.9 Å². The van der Waals surface area contributed by atoms with E-state index in [2.05, 4.69) is 43.4 Å². The molecule has 1 aromatic carbocycles. The molecule has 21 heavy (non-hydrogen) atoms. The van der Waals surface area contributed by atoms with Crippen LogP contribution in [0.25, 0.3) is 0 Å². The van der Waals surface area contributed by atoms with Crippen molar-refractivity contribution in [3.63, 3.8) is 0 Å². The van der Waals surface area contributed by atoms with E-state index in [1.54, 1.807) is 0 Å². The number of amides is 1. The Bertz CT molecular complexity index is 445. The van der Waals surface area contributed by atoms with E-state index in [1.807, 2.05) is 0 Å². The van der Waals surface area contributed by atoms with Crippen LogP contribution in [0.2, 0.25) is 0 Å². The second-order valence-corrected chi connectivity index (χ2v) is 6.23. The summed E-state index contributed by atoms with van der Waals surface area (Å²) in [6, 6.07) is 8.68. The molecular weight excluding hydrogens is 284 g/mol. The second-order valence-electron chi connectivity index (χ2n) is 6.23. The van der Waals surface area contributed by atoms with Gasteiger partial charge in [0.15, 0.2) is 0 Å². The average molecular weight is 311 g/mol. The second kappa shape index (κ2) is 8.40. The SMILES string of the molecule is CC(C)c1ccc(CNC(=O)C[C@@H]2CCC[C@H]2N)cc1.Cl. The van der Waals surface area contributed by atoms with Crippen molar-refractivity contribution in [3.05, 3.63) is 35.4 Å². The van der Waals surface area contributed by atoms with Gasteiger partial charge < -0.3 is 11.1 Å². The molecular formula is C17H27ClN2O. The van der Waals surface area contributed by atoms with Gasteiger partial charge in [-0.15, -0.1) is 12.4 Å². The zero-order valence-corrected chi connectivity index (χ0v) is 13.8. The van der Waals surface area contributed by atoms with Crippen molar-refractivity contribution in [2.24, 2.45) is 11.7 Å². The van der Waals surface area contributed by atoms with Gasteiger partial charge in [0, 0.05) is 19.0 Å². The van der Waals surface area contributed by atoms with Crippen molar-refractivity contribution in [2.45, 2.75) is 58.0 Å². The van der Waals surface area contributed by atoms with E-state index in [4.69, 9.17) is 5.73 Å². The monoisotopic (exact) mass is 310 g/mol. The van der Waals surface area contributed by atoms with E-state index in [-0.39, 0.29) is 24.4 Å². The predicted molar refractivity (Wildman–Crippen MR) is 89.6 cm³/mol. The van der Waals surface area contributed by atoms with E-state index in [0.717, 1.165) is 24.8 Å². The molecule has 4 heteroatoms. The molecule has 0 radical (unpaired) electrons. The van der Waals surface area contributed by atoms with Crippen LogP contribution in [0.3, 0.4) is 0 Å². The number of hydrogen-bond acceptors (Lipinski definition) is 2. The summed E-state index contributed by atoms with van der Waals surface area (Å²) in [5.41, 5.74) is 8.48. The van der Waals surface area contributed by atoms with Gasteiger partial charge in [0.2, 0.25) is 5.91 Å². The molecule has 0 aliphatic heterocycles. The molecule has 2 rings (SSSR count). The Morgan fingerprint density at radius 3 is 2.48 bits per heavy atom. The highest BCUT2D eigenvalue weighted by Gasteiger charge is 2.25. The third kappa shape index (κ3) is 5.33. The van der Waals surface area contributed by atoms with Crippen molar-refractivity contribution in [1.29, 1.82) is 0 Å². The van der Waals surface area contributed by atoms with Crippen LogP contribution in [0.4, 0.5) is 0 Å². The predicted octanol–water partition coefficient (Wildman–Crippen LogP) is 3.37. The van der Waals surface area contributed by atoms with Crippen molar-refractivity contribution in [1.82, 2.24) is 5.32 Å². The largest absolute Gasteiger partial charge is 0.352 e. The van der Waals surface area contributed by atoms with Gasteiger partial charge in [-0.3, -0.25) is 4.79 Å². The minimum absolute atomic E-state index is 0. The van der Waals surface area contributed by atoms with E-state index in [0.29, 0.717) is 24.8 Å². The van der Waals surface area contributed by atoms with Gasteiger partial charge in [0.25, 0.3) is 0 Å². The molecule has 1 fully saturated rings. The summed E-state index contributed by atoms with van der Waals surface area (Å²) in [7, 11) is 0. The number of nitrogens with one attached hydrogen (secondary N) is 1. The van der Waals surface area contributed by atoms with Gasteiger partial charge in [-0.1, -0.05) is 44.5 Å². The fraction of sp³-hybridized carbons (Fsp3) is 0.588. The number of rotatable bonds is 5. The first-order chi connectivity index (χ1) is 9.56. The number of carbonyl (C=O) groups is 1. The molecule has 0 aromatic heterocycles. The third-order valence-electron chi connectivity index (χ3n) is 4.30. The number of nitrogens with two attached hydrogens (primary N) is 1. The van der Waals surface area contributed by atoms with Crippen LogP contribution >= 0.6 is 12.4 Å². The Hall–Kier alpha value is -1.06. The quantitative estimate of drug-likeness (QED) is 0.876. The number of benzene rings is 1. The van der Waals surface area contributed by atoms with Gasteiger partial charge in [0.1, 0.15) is 0 Å². The standard InChI is InChI=1S/C17H26N2O.ClH/c1-12(2)14-8-6-13(7-9-14)11-19-17(20)10-15-4-3-5-16(15)18;/h6-9,12,15-16H,3-5,10-11,18H2,1-2H3,(H,19,20);1H/t15-,16+;/m0./s1. The number of carbonyl (C=O) groups excluding carboxylic acids is 1. The highest BCUT2D eigenvalue weighted by atomic mass is 35.5. The van der Waals surface area contributed by atoms with Gasteiger partial charge in [-0.05, 0) is 35.8 Å². The van der Waals surface area contributed by atoms with Gasteiger partial charge in [-0.25, -0.2) is 0 Å². The average Bonchev–Trinajstić information content (AvgIpc) is 2.82. The molecule has 0 saturated heterocycles. The topological polar surface area (TPSA) is 55.1 Å². The van der Waals surface area contributed by atoms with E-state index in [1.165, 1.54) is 5.56 Å². The summed E-state index contributed by atoms with van der Waals surface area (Å²) in [6.45, 7) is 4.97. The summed E-state index contributed by atoms with van der Waals surface area (Å²) >= 11 is 0. The fourth-order valence-electron chi connectivity index (χ4n) is 2.85. The van der Waals surface area contributed by atoms with Crippen LogP contribution < -0.4 is 11.1 Å². The Kier molecular flexibility index (Phi) is 7.20. The van der Waals surface area contributed by atoms with Gasteiger partial charge in [0.05, 0.1) is 0 Å². The zero-order valence-electron chi connectivity index (χ0n) is 13.0. The summed E-state index contributed by atoms with van der Waals surface area (Å²) in [6.07, 6.45) is 3.90. The van der Waals surface area contributed by atoms with Gasteiger partial charge >= 0.3 is 0 Å². The molecule has 3 nitrogen and oxygen atoms in total. The first kappa shape index (κ1) is 18.0. The first-order valence-electron chi connectivity index (χ1n) is 7.67. The molecule has 118 valence electrons. The van der Waals surface area contributed by atoms with Crippen LogP contribution in [0.5, 0.6) is 0 Å². The summed E-state index contributed by atoms with van der Waals surface area (Å²) in [4.78, 5) is 11.9. The van der Waals surface area contributed by atoms with Crippen molar-refractivity contribution >= 4 is 18.3 Å². The molecule has 1 saturated carbocycles. The van der Waals surface area contributed by atoms with E-state index in [9.17, 15) is 4.79 Å². The Morgan fingerprint density at radius 2 is 1.95 bits per heavy atom. The zero-order chi connectivity index (χ0) is 14.5. The lowest BCUT2D eigenvalue weighted by Crippen LogP contribution is -2.31. The maximum absolute atomic E-state index is 11.9. The molecule has 1 aromatic rings. The lowest BCUT2D eigenvalue weighted by molar-refractivity contribution is -0.122. The van der Waals surface area contributed by atoms with Crippen molar-refractivity contribution in [2.75, 3.05) is 0 Å². The van der Waals surface area contributed by atoms with Crippen molar-refractivity contribution < 1.29 is 4.79 Å². The molecule has 3 N–H and O–H groups in total. The molecule has 1 amide bonds. The minimum Gasteiger partial charge on any atom is -0.352 e. The molecule has 0 bridgehead atoms. The maximum Gasteiger partial charge on any atom is 0.220 e. The van der Waals surface area contributed by atoms with Crippen molar-refractivity contribution in [3.8, 4) is 0 Å². The van der Waals surface area contributed by atoms with Gasteiger partial charge in [-0.2, -0.15) is 0 Å². The summed E-state index contributed by atoms with van der Waals surface area (Å²) in [5, 5.41) is 3.00. The lowest BCUT2D eigenvalue weighted by atomic mass is 9.99. The first-order valence-corrected chi connectivity index (χ1v) is 7.67. The molecule has 0 heterocycles. The van der Waals surface area contributed by atoms with Crippen LogP contribution in [0, 0.1) is 5.92 Å². The molecule has 1 aliphatic carbocycles. The third-order valence-corrected chi connectivity index (χ3v) is 4.30. The van der Waals surface area contributed by atoms with E-state index < -0.39 is 0 Å². The minimum atomic E-state index is 0. The molecule has 1 aliphatic rings. The number of halogens is 1. The molecule has 0 spiro atoms. The fourth-order valence-corrected chi connectivity index (χ4v) is 2.85. The Balaban J connectivity index is 0.00000220. The highest BCUT2D eigenvalue weighted by Crippen LogP contribution is 2.26. The lowest BCUT2D eigenvalue weighted by Gasteiger charge is -2.15. The van der Waals surface area contributed by atoms with Crippen LogP contribution in [0.1, 0.15) is 56.6 Å². The Labute approximate surface area is 134 Å². The summed E-state index contributed by atoms with van der Waals surface area (Å²) in [5.74, 6) is 1.04. The highest BCUT2D eigenvalue weighted by molar-refractivity contribution is 5.85. The molecule has 0 unspecified atom stereocenters. The van der Waals surface area contributed by atoms with Crippen LogP contribution in [-0.2, 0) is 11.3 Å². The maximum atomic E-state index is 11.9. The number of hydrogen-bond donors (Lipinski definition) is 2. The molecule has 2 atom stereocenters. The Morgan fingerprint density at radius 1 is 1.29 bits per heavy atom. The normalized spacial score (nSPS) is 21.1. The van der Waals surface area contributed by atoms with Crippen LogP contribution in [0.15, 0.2) is 24.3 Å². The van der Waals surface area contributed by atoms with E-state index >= 15 is 0 Å².